The van der Waals surface area contributed by atoms with Crippen molar-refractivity contribution in [3.8, 4) is 0 Å². The van der Waals surface area contributed by atoms with Gasteiger partial charge >= 0.3 is 0 Å². The maximum Gasteiger partial charge on any atom is 0.233 e. The number of amides is 1. The first-order valence-electron chi connectivity index (χ1n) is 9.15. The molecule has 0 aromatic carbocycles. The second-order valence-electron chi connectivity index (χ2n) is 7.69. The molecule has 0 aliphatic heterocycles. The fourth-order valence-corrected chi connectivity index (χ4v) is 6.26. The molecule has 1 amide bonds. The molecule has 1 heterocycles. The van der Waals surface area contributed by atoms with Gasteiger partial charge in [-0.1, -0.05) is 29.5 Å². The number of hydrogen-bond acceptors (Lipinski definition) is 6. The van der Waals surface area contributed by atoms with Crippen LogP contribution in [0.2, 0.25) is 0 Å². The highest BCUT2D eigenvalue weighted by molar-refractivity contribution is 8.02. The largest absolute Gasteiger partial charge is 0.357 e. The molecule has 5 atom stereocenters. The summed E-state index contributed by atoms with van der Waals surface area (Å²) in [6.45, 7) is 4.15. The maximum absolute atomic E-state index is 12.5. The Labute approximate surface area is 151 Å². The van der Waals surface area contributed by atoms with Crippen LogP contribution in [0.5, 0.6) is 0 Å². The molecule has 2 bridgehead atoms. The molecule has 24 heavy (non-hydrogen) atoms. The zero-order valence-corrected chi connectivity index (χ0v) is 16.0. The highest BCUT2D eigenvalue weighted by Crippen LogP contribution is 2.49. The number of hydrogen-bond donors (Lipinski definition) is 2. The van der Waals surface area contributed by atoms with Gasteiger partial charge in [0.05, 0.1) is 5.25 Å². The first-order chi connectivity index (χ1) is 11.6. The number of thioether (sulfide) groups is 1. The minimum atomic E-state index is -0.132. The van der Waals surface area contributed by atoms with Crippen LogP contribution in [0.15, 0.2) is 4.34 Å². The average molecular weight is 367 g/mol. The molecule has 1 aromatic rings. The number of fused-ring (bicyclic) bond motifs is 2. The van der Waals surface area contributed by atoms with Crippen molar-refractivity contribution in [1.29, 1.82) is 0 Å². The summed E-state index contributed by atoms with van der Waals surface area (Å²) in [4.78, 5) is 12.5. The molecule has 5 nitrogen and oxygen atoms in total. The number of nitrogens with zero attached hydrogens (tertiary/aromatic N) is 2. The molecule has 2 N–H and O–H groups in total. The Balaban J connectivity index is 1.26. The molecule has 7 heteroatoms. The van der Waals surface area contributed by atoms with Crippen LogP contribution in [0.3, 0.4) is 0 Å². The summed E-state index contributed by atoms with van der Waals surface area (Å²) in [5.41, 5.74) is 0. The van der Waals surface area contributed by atoms with Gasteiger partial charge in [-0.15, -0.1) is 10.2 Å². The van der Waals surface area contributed by atoms with Gasteiger partial charge in [0.1, 0.15) is 0 Å². The van der Waals surface area contributed by atoms with Gasteiger partial charge in [-0.2, -0.15) is 0 Å². The summed E-state index contributed by atoms with van der Waals surface area (Å²) in [5.74, 6) is 2.57. The molecule has 3 saturated carbocycles. The number of carbonyl (C=O) groups is 1. The van der Waals surface area contributed by atoms with Gasteiger partial charge in [0, 0.05) is 12.1 Å². The first kappa shape index (κ1) is 16.6. The van der Waals surface area contributed by atoms with E-state index in [1.165, 1.54) is 50.3 Å². The molecular formula is C17H26N4OS2. The van der Waals surface area contributed by atoms with Gasteiger partial charge in [-0.25, -0.2) is 0 Å². The molecule has 132 valence electrons. The number of anilines is 1. The van der Waals surface area contributed by atoms with Crippen LogP contribution in [-0.2, 0) is 4.79 Å². The van der Waals surface area contributed by atoms with Crippen LogP contribution in [0, 0.1) is 17.8 Å². The van der Waals surface area contributed by atoms with E-state index in [1.807, 2.05) is 6.92 Å². The van der Waals surface area contributed by atoms with Gasteiger partial charge in [-0.05, 0) is 63.7 Å². The molecular weight excluding hydrogens is 340 g/mol. The molecule has 0 saturated heterocycles. The Kier molecular flexibility index (Phi) is 4.73. The predicted octanol–water partition coefficient (Wildman–Crippen LogP) is 3.53. The number of nitrogens with one attached hydrogen (secondary N) is 2. The summed E-state index contributed by atoms with van der Waals surface area (Å²) >= 11 is 3.06. The number of carbonyl (C=O) groups excluding carboxylic acids is 1. The summed E-state index contributed by atoms with van der Waals surface area (Å²) in [5, 5.41) is 15.7. The Morgan fingerprint density at radius 3 is 2.71 bits per heavy atom. The zero-order chi connectivity index (χ0) is 16.7. The van der Waals surface area contributed by atoms with E-state index in [9.17, 15) is 4.79 Å². The van der Waals surface area contributed by atoms with Gasteiger partial charge in [0.15, 0.2) is 4.34 Å². The van der Waals surface area contributed by atoms with E-state index in [0.29, 0.717) is 12.0 Å². The molecule has 3 fully saturated rings. The van der Waals surface area contributed by atoms with Gasteiger partial charge in [-0.3, -0.25) is 4.79 Å². The highest BCUT2D eigenvalue weighted by atomic mass is 32.2. The Hall–Kier alpha value is -0.820. The average Bonchev–Trinajstić information content (AvgIpc) is 2.97. The van der Waals surface area contributed by atoms with E-state index in [2.05, 4.69) is 27.8 Å². The normalized spacial score (nSPS) is 31.0. The first-order valence-corrected chi connectivity index (χ1v) is 10.8. The van der Waals surface area contributed by atoms with Crippen molar-refractivity contribution in [2.45, 2.75) is 74.0 Å². The minimum absolute atomic E-state index is 0.127. The SMILES string of the molecule is CC(Sc1nnc(NC2CC2)s1)C(=O)NC(C)C1CC2CCC1C2. The Morgan fingerprint density at radius 2 is 2.04 bits per heavy atom. The van der Waals surface area contributed by atoms with Crippen molar-refractivity contribution in [2.75, 3.05) is 5.32 Å². The molecule has 5 unspecified atom stereocenters. The highest BCUT2D eigenvalue weighted by Gasteiger charge is 2.42. The zero-order valence-electron chi connectivity index (χ0n) is 14.3. The third-order valence-electron chi connectivity index (χ3n) is 5.76. The lowest BCUT2D eigenvalue weighted by atomic mass is 9.84. The molecule has 3 aliphatic carbocycles. The van der Waals surface area contributed by atoms with Gasteiger partial charge in [0.2, 0.25) is 11.0 Å². The van der Waals surface area contributed by atoms with Gasteiger partial charge < -0.3 is 10.6 Å². The smallest absolute Gasteiger partial charge is 0.233 e. The van der Waals surface area contributed by atoms with Gasteiger partial charge in [0.25, 0.3) is 0 Å². The minimum Gasteiger partial charge on any atom is -0.357 e. The standard InChI is InChI=1S/C17H26N4OS2/c1-9(14-8-11-3-4-12(14)7-11)18-15(22)10(2)23-17-21-20-16(24-17)19-13-5-6-13/h9-14H,3-8H2,1-2H3,(H,18,22)(H,19,20). The Morgan fingerprint density at radius 1 is 1.21 bits per heavy atom. The Bertz CT molecular complexity index is 603. The van der Waals surface area contributed by atoms with E-state index in [-0.39, 0.29) is 17.2 Å². The third kappa shape index (κ3) is 3.72. The second kappa shape index (κ2) is 6.83. The lowest BCUT2D eigenvalue weighted by molar-refractivity contribution is -0.121. The summed E-state index contributed by atoms with van der Waals surface area (Å²) in [6, 6.07) is 0.872. The lowest BCUT2D eigenvalue weighted by Gasteiger charge is -2.29. The van der Waals surface area contributed by atoms with Crippen LogP contribution >= 0.6 is 23.1 Å². The predicted molar refractivity (Wildman–Crippen MR) is 98.4 cm³/mol. The maximum atomic E-state index is 12.5. The van der Waals surface area contributed by atoms with Crippen molar-refractivity contribution in [1.82, 2.24) is 15.5 Å². The fraction of sp³-hybridized carbons (Fsp3) is 0.824. The van der Waals surface area contributed by atoms with Crippen LogP contribution in [0.25, 0.3) is 0 Å². The van der Waals surface area contributed by atoms with Crippen LogP contribution in [-0.4, -0.2) is 33.4 Å². The monoisotopic (exact) mass is 366 g/mol. The second-order valence-corrected chi connectivity index (χ2v) is 10.3. The van der Waals surface area contributed by atoms with Crippen molar-refractivity contribution in [3.05, 3.63) is 0 Å². The van der Waals surface area contributed by atoms with Crippen LogP contribution in [0.4, 0.5) is 5.13 Å². The van der Waals surface area contributed by atoms with Crippen molar-refractivity contribution < 1.29 is 4.79 Å². The quantitative estimate of drug-likeness (QED) is 0.723. The van der Waals surface area contributed by atoms with E-state index in [4.69, 9.17) is 0 Å². The summed E-state index contributed by atoms with van der Waals surface area (Å²) in [6.07, 6.45) is 7.91. The molecule has 3 aliphatic rings. The molecule has 0 spiro atoms. The number of rotatable bonds is 7. The fourth-order valence-electron chi connectivity index (χ4n) is 4.28. The van der Waals surface area contributed by atoms with E-state index < -0.39 is 0 Å². The van der Waals surface area contributed by atoms with E-state index in [0.717, 1.165) is 21.3 Å². The van der Waals surface area contributed by atoms with Crippen LogP contribution < -0.4 is 10.6 Å². The summed E-state index contributed by atoms with van der Waals surface area (Å²) in [7, 11) is 0. The summed E-state index contributed by atoms with van der Waals surface area (Å²) < 4.78 is 0.869. The molecule has 4 rings (SSSR count). The topological polar surface area (TPSA) is 66.9 Å². The third-order valence-corrected chi connectivity index (χ3v) is 7.80. The van der Waals surface area contributed by atoms with E-state index >= 15 is 0 Å². The number of aromatic nitrogens is 2. The molecule has 0 radical (unpaired) electrons. The van der Waals surface area contributed by atoms with Crippen molar-refractivity contribution in [2.24, 2.45) is 17.8 Å². The van der Waals surface area contributed by atoms with E-state index in [1.54, 1.807) is 11.3 Å². The van der Waals surface area contributed by atoms with Crippen LogP contribution in [0.1, 0.15) is 52.4 Å². The molecule has 1 aromatic heterocycles. The van der Waals surface area contributed by atoms with Crippen molar-refractivity contribution in [3.63, 3.8) is 0 Å². The van der Waals surface area contributed by atoms with Crippen molar-refractivity contribution >= 4 is 34.1 Å². The lowest BCUT2D eigenvalue weighted by Crippen LogP contribution is -2.43.